The van der Waals surface area contributed by atoms with E-state index in [4.69, 9.17) is 9.47 Å². The number of likely N-dealkylation sites (tertiary alicyclic amines) is 1. The molecule has 2 fully saturated rings. The molecule has 0 unspecified atom stereocenters. The summed E-state index contributed by atoms with van der Waals surface area (Å²) in [6.45, 7) is 6.91. The Kier molecular flexibility index (Phi) is 10.5. The third kappa shape index (κ3) is 7.01. The zero-order valence-corrected chi connectivity index (χ0v) is 17.5. The number of halogens is 1. The summed E-state index contributed by atoms with van der Waals surface area (Å²) >= 11 is 0. The maximum Gasteiger partial charge on any atom is 0.194 e. The van der Waals surface area contributed by atoms with Gasteiger partial charge in [-0.05, 0) is 45.4 Å². The van der Waals surface area contributed by atoms with E-state index in [-0.39, 0.29) is 24.0 Å². The van der Waals surface area contributed by atoms with Gasteiger partial charge < -0.3 is 24.8 Å². The molecule has 24 heavy (non-hydrogen) atoms. The molecular formula is C17H34IN3O3. The molecule has 1 saturated carbocycles. The molecule has 2 rings (SSSR count). The van der Waals surface area contributed by atoms with Crippen LogP contribution in [0.4, 0.5) is 0 Å². The van der Waals surface area contributed by atoms with Crippen molar-refractivity contribution in [3.8, 4) is 0 Å². The van der Waals surface area contributed by atoms with Gasteiger partial charge in [-0.3, -0.25) is 4.99 Å². The zero-order valence-electron chi connectivity index (χ0n) is 15.1. The first-order chi connectivity index (χ1) is 11.2. The molecular weight excluding hydrogens is 421 g/mol. The van der Waals surface area contributed by atoms with Gasteiger partial charge in [0.05, 0.1) is 18.2 Å². The zero-order chi connectivity index (χ0) is 16.5. The molecule has 7 heteroatoms. The molecule has 0 aromatic rings. The Morgan fingerprint density at radius 3 is 2.54 bits per heavy atom. The van der Waals surface area contributed by atoms with Crippen LogP contribution >= 0.6 is 24.0 Å². The van der Waals surface area contributed by atoms with Gasteiger partial charge in [-0.2, -0.15) is 0 Å². The molecule has 0 spiro atoms. The lowest BCUT2D eigenvalue weighted by molar-refractivity contribution is -0.0240. The number of ether oxygens (including phenoxy) is 2. The van der Waals surface area contributed by atoms with Gasteiger partial charge in [-0.1, -0.05) is 0 Å². The monoisotopic (exact) mass is 455 g/mol. The van der Waals surface area contributed by atoms with Gasteiger partial charge in [-0.15, -0.1) is 24.0 Å². The van der Waals surface area contributed by atoms with Gasteiger partial charge in [0.2, 0.25) is 0 Å². The minimum Gasteiger partial charge on any atom is -0.388 e. The second kappa shape index (κ2) is 11.5. The molecule has 0 radical (unpaired) electrons. The van der Waals surface area contributed by atoms with E-state index in [9.17, 15) is 5.11 Å². The number of hydrogen-bond donors (Lipinski definition) is 2. The number of aliphatic imine (C=N–C) groups is 1. The Labute approximate surface area is 163 Å². The van der Waals surface area contributed by atoms with Crippen LogP contribution in [0.25, 0.3) is 0 Å². The molecule has 0 aromatic carbocycles. The lowest BCUT2D eigenvalue weighted by atomic mass is 9.80. The van der Waals surface area contributed by atoms with Gasteiger partial charge in [0.1, 0.15) is 0 Å². The fraction of sp³-hybridized carbons (Fsp3) is 0.941. The van der Waals surface area contributed by atoms with Crippen molar-refractivity contribution in [3.63, 3.8) is 0 Å². The summed E-state index contributed by atoms with van der Waals surface area (Å²) in [5, 5.41) is 13.6. The molecule has 142 valence electrons. The van der Waals surface area contributed by atoms with Crippen LogP contribution < -0.4 is 5.32 Å². The predicted octanol–water partition coefficient (Wildman–Crippen LogP) is 2.00. The number of aliphatic hydroxyl groups is 1. The summed E-state index contributed by atoms with van der Waals surface area (Å²) in [6.07, 6.45) is 6.25. The van der Waals surface area contributed by atoms with Crippen LogP contribution in [-0.4, -0.2) is 74.2 Å². The Morgan fingerprint density at radius 2 is 2.00 bits per heavy atom. The normalized spacial score (nSPS) is 21.1. The highest BCUT2D eigenvalue weighted by atomic mass is 127. The van der Waals surface area contributed by atoms with Crippen LogP contribution in [-0.2, 0) is 9.47 Å². The highest BCUT2D eigenvalue weighted by Gasteiger charge is 2.34. The number of methoxy groups -OCH3 is 1. The third-order valence-electron chi connectivity index (χ3n) is 4.73. The standard InChI is InChI=1S/C17H33N3O3.HI/c1-3-18-16(19-14-17(21)8-4-9-17)20-10-6-15(7-11-20)23-13-5-12-22-2;/h15,21H,3-14H2,1-2H3,(H,18,19);1H. The Hall–Kier alpha value is -0.120. The third-order valence-corrected chi connectivity index (χ3v) is 4.73. The fourth-order valence-electron chi connectivity index (χ4n) is 3.08. The van der Waals surface area contributed by atoms with Crippen LogP contribution in [0.1, 0.15) is 45.4 Å². The first kappa shape index (κ1) is 21.9. The largest absolute Gasteiger partial charge is 0.388 e. The topological polar surface area (TPSA) is 66.3 Å². The minimum atomic E-state index is -0.552. The van der Waals surface area contributed by atoms with Crippen molar-refractivity contribution in [2.75, 3.05) is 46.5 Å². The lowest BCUT2D eigenvalue weighted by Crippen LogP contribution is -2.48. The highest BCUT2D eigenvalue weighted by molar-refractivity contribution is 14.0. The van der Waals surface area contributed by atoms with Crippen LogP contribution in [0, 0.1) is 0 Å². The molecule has 0 amide bonds. The van der Waals surface area contributed by atoms with E-state index in [0.717, 1.165) is 77.3 Å². The fourth-order valence-corrected chi connectivity index (χ4v) is 3.08. The van der Waals surface area contributed by atoms with E-state index in [0.29, 0.717) is 12.6 Å². The molecule has 0 aromatic heterocycles. The summed E-state index contributed by atoms with van der Waals surface area (Å²) in [7, 11) is 1.72. The van der Waals surface area contributed by atoms with Gasteiger partial charge in [0, 0.05) is 40.0 Å². The average Bonchev–Trinajstić information content (AvgIpc) is 2.54. The molecule has 1 heterocycles. The average molecular weight is 455 g/mol. The summed E-state index contributed by atoms with van der Waals surface area (Å²) < 4.78 is 10.9. The summed E-state index contributed by atoms with van der Waals surface area (Å²) in [6, 6.07) is 0. The molecule has 6 nitrogen and oxygen atoms in total. The summed E-state index contributed by atoms with van der Waals surface area (Å²) in [5.41, 5.74) is -0.552. The van der Waals surface area contributed by atoms with Crippen molar-refractivity contribution in [2.24, 2.45) is 4.99 Å². The second-order valence-corrected chi connectivity index (χ2v) is 6.65. The molecule has 1 saturated heterocycles. The number of guanidine groups is 1. The maximum atomic E-state index is 10.2. The van der Waals surface area contributed by atoms with Crippen LogP contribution in [0.3, 0.4) is 0 Å². The molecule has 0 atom stereocenters. The van der Waals surface area contributed by atoms with Gasteiger partial charge in [0.15, 0.2) is 5.96 Å². The predicted molar refractivity (Wildman–Crippen MR) is 107 cm³/mol. The van der Waals surface area contributed by atoms with Crippen molar-refractivity contribution in [3.05, 3.63) is 0 Å². The molecule has 2 aliphatic rings. The quantitative estimate of drug-likeness (QED) is 0.254. The Bertz CT molecular complexity index is 370. The number of hydrogen-bond acceptors (Lipinski definition) is 4. The highest BCUT2D eigenvalue weighted by Crippen LogP contribution is 2.31. The lowest BCUT2D eigenvalue weighted by Gasteiger charge is -2.37. The van der Waals surface area contributed by atoms with Crippen LogP contribution in [0.15, 0.2) is 4.99 Å². The molecule has 1 aliphatic carbocycles. The maximum absolute atomic E-state index is 10.2. The number of piperidine rings is 1. The number of rotatable bonds is 8. The van der Waals surface area contributed by atoms with Crippen molar-refractivity contribution in [2.45, 2.75) is 57.2 Å². The molecule has 0 bridgehead atoms. The number of nitrogens with one attached hydrogen (secondary N) is 1. The first-order valence-electron chi connectivity index (χ1n) is 9.03. The van der Waals surface area contributed by atoms with Crippen LogP contribution in [0.5, 0.6) is 0 Å². The number of nitrogens with zero attached hydrogens (tertiary/aromatic N) is 2. The Morgan fingerprint density at radius 1 is 1.29 bits per heavy atom. The van der Waals surface area contributed by atoms with Crippen molar-refractivity contribution in [1.29, 1.82) is 0 Å². The van der Waals surface area contributed by atoms with Crippen molar-refractivity contribution in [1.82, 2.24) is 10.2 Å². The first-order valence-corrected chi connectivity index (χ1v) is 9.03. The van der Waals surface area contributed by atoms with E-state index < -0.39 is 5.60 Å². The van der Waals surface area contributed by atoms with Gasteiger partial charge >= 0.3 is 0 Å². The van der Waals surface area contributed by atoms with E-state index in [1.165, 1.54) is 0 Å². The Balaban J connectivity index is 0.00000288. The van der Waals surface area contributed by atoms with E-state index in [1.54, 1.807) is 7.11 Å². The van der Waals surface area contributed by atoms with Gasteiger partial charge in [0.25, 0.3) is 0 Å². The van der Waals surface area contributed by atoms with Crippen molar-refractivity contribution < 1.29 is 14.6 Å². The van der Waals surface area contributed by atoms with Crippen molar-refractivity contribution >= 4 is 29.9 Å². The minimum absolute atomic E-state index is 0. The van der Waals surface area contributed by atoms with E-state index >= 15 is 0 Å². The second-order valence-electron chi connectivity index (χ2n) is 6.65. The SMILES string of the molecule is CCNC(=NCC1(O)CCC1)N1CCC(OCCCOC)CC1.I. The van der Waals surface area contributed by atoms with Gasteiger partial charge in [-0.25, -0.2) is 0 Å². The molecule has 2 N–H and O–H groups in total. The summed E-state index contributed by atoms with van der Waals surface area (Å²) in [5.74, 6) is 0.936. The van der Waals surface area contributed by atoms with E-state index in [1.807, 2.05) is 0 Å². The summed E-state index contributed by atoms with van der Waals surface area (Å²) in [4.78, 5) is 6.96. The van der Waals surface area contributed by atoms with Crippen LogP contribution in [0.2, 0.25) is 0 Å². The smallest absolute Gasteiger partial charge is 0.194 e. The van der Waals surface area contributed by atoms with E-state index in [2.05, 4.69) is 22.1 Å². The molecule has 1 aliphatic heterocycles.